The Morgan fingerprint density at radius 2 is 2.00 bits per heavy atom. The Morgan fingerprint density at radius 3 is 2.40 bits per heavy atom. The Hall–Kier alpha value is -0.950. The molecular weight excluding hydrogens is 278 g/mol. The van der Waals surface area contributed by atoms with Gasteiger partial charge in [0, 0.05) is 13.1 Å². The van der Waals surface area contributed by atoms with E-state index in [-0.39, 0.29) is 28.7 Å². The molecule has 6 nitrogen and oxygen atoms in total. The fourth-order valence-electron chi connectivity index (χ4n) is 2.14. The first-order chi connectivity index (χ1) is 9.24. The molecule has 20 heavy (non-hydrogen) atoms. The first-order valence-electron chi connectivity index (χ1n) is 6.69. The van der Waals surface area contributed by atoms with Gasteiger partial charge in [0.2, 0.25) is 5.91 Å². The van der Waals surface area contributed by atoms with Crippen LogP contribution in [0.15, 0.2) is 5.16 Å². The highest BCUT2D eigenvalue weighted by Gasteiger charge is 2.39. The van der Waals surface area contributed by atoms with Gasteiger partial charge < -0.3 is 20.6 Å². The summed E-state index contributed by atoms with van der Waals surface area (Å²) in [6.07, 6.45) is 3.31. The molecule has 116 valence electrons. The van der Waals surface area contributed by atoms with Gasteiger partial charge in [0.15, 0.2) is 5.84 Å². The zero-order valence-corrected chi connectivity index (χ0v) is 13.5. The normalized spacial score (nSPS) is 20.0. The number of amides is 1. The van der Waals surface area contributed by atoms with Crippen LogP contribution in [-0.2, 0) is 9.53 Å². The van der Waals surface area contributed by atoms with Crippen LogP contribution in [-0.4, -0.2) is 58.2 Å². The number of nitrogens with zero attached hydrogens (tertiary/aromatic N) is 2. The van der Waals surface area contributed by atoms with E-state index in [0.29, 0.717) is 25.9 Å². The molecule has 0 atom stereocenters. The zero-order chi connectivity index (χ0) is 15.4. The maximum absolute atomic E-state index is 12.1. The van der Waals surface area contributed by atoms with Crippen molar-refractivity contribution in [1.29, 1.82) is 0 Å². The van der Waals surface area contributed by atoms with Crippen molar-refractivity contribution in [3.63, 3.8) is 0 Å². The smallest absolute Gasteiger partial charge is 0.248 e. The molecular formula is C13H25N3O3S. The van der Waals surface area contributed by atoms with Gasteiger partial charge >= 0.3 is 0 Å². The highest BCUT2D eigenvalue weighted by molar-refractivity contribution is 8.00. The fourth-order valence-corrected chi connectivity index (χ4v) is 2.98. The van der Waals surface area contributed by atoms with E-state index in [2.05, 4.69) is 5.16 Å². The molecule has 0 aromatic rings. The third kappa shape index (κ3) is 4.28. The van der Waals surface area contributed by atoms with Gasteiger partial charge in [0.05, 0.1) is 10.3 Å². The van der Waals surface area contributed by atoms with E-state index in [1.54, 1.807) is 16.7 Å². The summed E-state index contributed by atoms with van der Waals surface area (Å²) in [5.41, 5.74) is 5.46. The Kier molecular flexibility index (Phi) is 5.70. The molecule has 1 amide bonds. The predicted molar refractivity (Wildman–Crippen MR) is 81.2 cm³/mol. The average Bonchev–Trinajstić information content (AvgIpc) is 2.43. The summed E-state index contributed by atoms with van der Waals surface area (Å²) >= 11 is 1.57. The highest BCUT2D eigenvalue weighted by atomic mass is 32.2. The second-order valence-electron chi connectivity index (χ2n) is 5.97. The van der Waals surface area contributed by atoms with E-state index >= 15 is 0 Å². The molecule has 0 saturated carbocycles. The van der Waals surface area contributed by atoms with Crippen LogP contribution in [0.25, 0.3) is 0 Å². The molecule has 0 spiro atoms. The van der Waals surface area contributed by atoms with Crippen LogP contribution in [0.3, 0.4) is 0 Å². The maximum atomic E-state index is 12.1. The lowest BCUT2D eigenvalue weighted by Crippen LogP contribution is -2.52. The minimum absolute atomic E-state index is 0.00543. The van der Waals surface area contributed by atoms with Gasteiger partial charge in [0.1, 0.15) is 6.61 Å². The van der Waals surface area contributed by atoms with Gasteiger partial charge in [-0.3, -0.25) is 4.79 Å². The van der Waals surface area contributed by atoms with E-state index in [9.17, 15) is 4.79 Å². The second-order valence-corrected chi connectivity index (χ2v) is 7.16. The quantitative estimate of drug-likeness (QED) is 0.353. The van der Waals surface area contributed by atoms with Crippen LogP contribution < -0.4 is 5.73 Å². The molecule has 1 aliphatic rings. The standard InChI is InChI=1S/C13H25N3O3S/c1-12(2,3)19-9-10(17)16-7-5-13(20-4,6-8-16)11(14)15-18/h18H,5-9H2,1-4H3,(H2,14,15). The number of ether oxygens (including phenoxy) is 1. The summed E-state index contributed by atoms with van der Waals surface area (Å²) in [6.45, 7) is 7.07. The molecule has 0 unspecified atom stereocenters. The summed E-state index contributed by atoms with van der Waals surface area (Å²) in [5, 5.41) is 12.0. The summed E-state index contributed by atoms with van der Waals surface area (Å²) in [5.74, 6) is 0.233. The molecule has 7 heteroatoms. The number of likely N-dealkylation sites (tertiary alicyclic amines) is 1. The van der Waals surface area contributed by atoms with Crippen LogP contribution in [0.5, 0.6) is 0 Å². The number of amidine groups is 1. The van der Waals surface area contributed by atoms with E-state index in [0.717, 1.165) is 0 Å². The van der Waals surface area contributed by atoms with E-state index in [4.69, 9.17) is 15.7 Å². The summed E-state index contributed by atoms with van der Waals surface area (Å²) in [6, 6.07) is 0. The van der Waals surface area contributed by atoms with Gasteiger partial charge in [0.25, 0.3) is 0 Å². The SMILES string of the molecule is CSC1(C(N)=NO)CCN(C(=O)COC(C)(C)C)CC1. The Labute approximate surface area is 124 Å². The number of carbonyl (C=O) groups excluding carboxylic acids is 1. The summed E-state index contributed by atoms with van der Waals surface area (Å²) in [4.78, 5) is 13.8. The molecule has 1 fully saturated rings. The monoisotopic (exact) mass is 303 g/mol. The van der Waals surface area contributed by atoms with Gasteiger partial charge in [-0.1, -0.05) is 5.16 Å². The molecule has 1 saturated heterocycles. The minimum Gasteiger partial charge on any atom is -0.409 e. The Balaban J connectivity index is 2.55. The van der Waals surface area contributed by atoms with E-state index in [1.807, 2.05) is 27.0 Å². The number of oxime groups is 1. The Morgan fingerprint density at radius 1 is 1.45 bits per heavy atom. The third-order valence-electron chi connectivity index (χ3n) is 3.52. The van der Waals surface area contributed by atoms with Crippen molar-refractivity contribution in [2.24, 2.45) is 10.9 Å². The van der Waals surface area contributed by atoms with Crippen LogP contribution in [0.1, 0.15) is 33.6 Å². The lowest BCUT2D eigenvalue weighted by atomic mass is 9.94. The van der Waals surface area contributed by atoms with Gasteiger partial charge in [-0.2, -0.15) is 11.8 Å². The largest absolute Gasteiger partial charge is 0.409 e. The lowest BCUT2D eigenvalue weighted by molar-refractivity contribution is -0.142. The van der Waals surface area contributed by atoms with Crippen LogP contribution in [0, 0.1) is 0 Å². The predicted octanol–water partition coefficient (Wildman–Crippen LogP) is 1.27. The molecule has 3 N–H and O–H groups in total. The fraction of sp³-hybridized carbons (Fsp3) is 0.846. The third-order valence-corrected chi connectivity index (χ3v) is 4.92. The topological polar surface area (TPSA) is 88.2 Å². The molecule has 1 heterocycles. The van der Waals surface area contributed by atoms with Gasteiger partial charge in [-0.25, -0.2) is 0 Å². The molecule has 1 aliphatic heterocycles. The second kappa shape index (κ2) is 6.67. The Bertz CT molecular complexity index is 372. The zero-order valence-electron chi connectivity index (χ0n) is 12.7. The first-order valence-corrected chi connectivity index (χ1v) is 7.91. The van der Waals surface area contributed by atoms with Crippen LogP contribution >= 0.6 is 11.8 Å². The van der Waals surface area contributed by atoms with Crippen molar-refractivity contribution in [1.82, 2.24) is 4.90 Å². The van der Waals surface area contributed by atoms with Crippen molar-refractivity contribution >= 4 is 23.5 Å². The summed E-state index contributed by atoms with van der Waals surface area (Å²) < 4.78 is 5.14. The van der Waals surface area contributed by atoms with Gasteiger partial charge in [-0.05, 0) is 39.9 Å². The summed E-state index contributed by atoms with van der Waals surface area (Å²) in [7, 11) is 0. The van der Waals surface area contributed by atoms with Gasteiger partial charge in [-0.15, -0.1) is 0 Å². The lowest BCUT2D eigenvalue weighted by Gasteiger charge is -2.39. The molecule has 1 rings (SSSR count). The number of rotatable bonds is 4. The van der Waals surface area contributed by atoms with Crippen molar-refractivity contribution in [3.05, 3.63) is 0 Å². The van der Waals surface area contributed by atoms with Crippen molar-refractivity contribution in [2.45, 2.75) is 44.0 Å². The number of hydrogen-bond acceptors (Lipinski definition) is 5. The number of nitrogens with two attached hydrogens (primary N) is 1. The van der Waals surface area contributed by atoms with Crippen LogP contribution in [0.4, 0.5) is 0 Å². The molecule has 0 aromatic heterocycles. The highest BCUT2D eigenvalue weighted by Crippen LogP contribution is 2.34. The first kappa shape index (κ1) is 17.1. The van der Waals surface area contributed by atoms with Crippen molar-refractivity contribution in [2.75, 3.05) is 26.0 Å². The minimum atomic E-state index is -0.365. The van der Waals surface area contributed by atoms with E-state index < -0.39 is 0 Å². The average molecular weight is 303 g/mol. The number of thioether (sulfide) groups is 1. The molecule has 0 aromatic carbocycles. The van der Waals surface area contributed by atoms with Crippen LogP contribution in [0.2, 0.25) is 0 Å². The maximum Gasteiger partial charge on any atom is 0.248 e. The molecule has 0 radical (unpaired) electrons. The van der Waals surface area contributed by atoms with Crippen molar-refractivity contribution in [3.8, 4) is 0 Å². The number of carbonyl (C=O) groups is 1. The van der Waals surface area contributed by atoms with Crippen molar-refractivity contribution < 1.29 is 14.7 Å². The number of hydrogen-bond donors (Lipinski definition) is 2. The molecule has 0 aliphatic carbocycles. The number of piperidine rings is 1. The molecule has 0 bridgehead atoms. The van der Waals surface area contributed by atoms with E-state index in [1.165, 1.54) is 0 Å².